The quantitative estimate of drug-likeness (QED) is 0.610. The van der Waals surface area contributed by atoms with Crippen molar-refractivity contribution < 1.29 is 4.74 Å². The van der Waals surface area contributed by atoms with E-state index in [1.54, 1.807) is 0 Å². The molecular formula is C12H25NO. The minimum atomic E-state index is 0.340. The molecule has 0 aromatic rings. The second kappa shape index (κ2) is 7.24. The summed E-state index contributed by atoms with van der Waals surface area (Å²) in [5.41, 5.74) is 0. The Morgan fingerprint density at radius 1 is 1.14 bits per heavy atom. The average molecular weight is 199 g/mol. The highest BCUT2D eigenvalue weighted by molar-refractivity contribution is 4.65. The van der Waals surface area contributed by atoms with Crippen molar-refractivity contribution in [1.82, 2.24) is 4.90 Å². The Morgan fingerprint density at radius 2 is 1.86 bits per heavy atom. The summed E-state index contributed by atoms with van der Waals surface area (Å²) >= 11 is 0. The maximum absolute atomic E-state index is 5.81. The van der Waals surface area contributed by atoms with Crippen LogP contribution < -0.4 is 0 Å². The van der Waals surface area contributed by atoms with E-state index in [2.05, 4.69) is 18.7 Å². The fourth-order valence-corrected chi connectivity index (χ4v) is 1.99. The monoisotopic (exact) mass is 199 g/mol. The molecule has 1 atom stereocenters. The molecule has 1 fully saturated rings. The van der Waals surface area contributed by atoms with Gasteiger partial charge in [-0.15, -0.1) is 0 Å². The minimum Gasteiger partial charge on any atom is -0.363 e. The lowest BCUT2D eigenvalue weighted by Crippen LogP contribution is -2.39. The summed E-state index contributed by atoms with van der Waals surface area (Å²) in [6, 6.07) is 0. The van der Waals surface area contributed by atoms with E-state index in [0.29, 0.717) is 6.23 Å². The smallest absolute Gasteiger partial charge is 0.107 e. The molecule has 0 radical (unpaired) electrons. The van der Waals surface area contributed by atoms with Crippen LogP contribution in [0.15, 0.2) is 0 Å². The Morgan fingerprint density at radius 3 is 2.50 bits per heavy atom. The van der Waals surface area contributed by atoms with E-state index in [9.17, 15) is 0 Å². The van der Waals surface area contributed by atoms with Gasteiger partial charge in [0.05, 0.1) is 0 Å². The molecule has 14 heavy (non-hydrogen) atoms. The second-order valence-corrected chi connectivity index (χ2v) is 4.27. The first-order valence-electron chi connectivity index (χ1n) is 6.20. The molecule has 1 unspecified atom stereocenters. The van der Waals surface area contributed by atoms with E-state index < -0.39 is 0 Å². The lowest BCUT2D eigenvalue weighted by molar-refractivity contribution is -0.0558. The first-order chi connectivity index (χ1) is 6.84. The highest BCUT2D eigenvalue weighted by atomic mass is 16.5. The molecule has 0 aromatic heterocycles. The van der Waals surface area contributed by atoms with Crippen LogP contribution in [-0.2, 0) is 4.74 Å². The maximum Gasteiger partial charge on any atom is 0.107 e. The lowest BCUT2D eigenvalue weighted by Gasteiger charge is -2.32. The Kier molecular flexibility index (Phi) is 6.20. The molecule has 1 rings (SSSR count). The van der Waals surface area contributed by atoms with Crippen LogP contribution in [0.2, 0.25) is 0 Å². The topological polar surface area (TPSA) is 12.5 Å². The van der Waals surface area contributed by atoms with Crippen molar-refractivity contribution in [1.29, 1.82) is 0 Å². The summed E-state index contributed by atoms with van der Waals surface area (Å²) < 4.78 is 5.81. The summed E-state index contributed by atoms with van der Waals surface area (Å²) in [6.45, 7) is 7.82. The molecule has 1 aliphatic rings. The number of hydrogen-bond donors (Lipinski definition) is 0. The molecule has 84 valence electrons. The zero-order chi connectivity index (χ0) is 10.2. The van der Waals surface area contributed by atoms with Gasteiger partial charge in [0.2, 0.25) is 0 Å². The largest absolute Gasteiger partial charge is 0.363 e. The predicted octanol–water partition coefficient (Wildman–Crippen LogP) is 3.03. The average Bonchev–Trinajstić information content (AvgIpc) is 2.25. The third-order valence-corrected chi connectivity index (χ3v) is 3.01. The van der Waals surface area contributed by atoms with Gasteiger partial charge in [0, 0.05) is 19.7 Å². The molecule has 1 aliphatic heterocycles. The Balaban J connectivity index is 2.04. The van der Waals surface area contributed by atoms with Crippen LogP contribution >= 0.6 is 0 Å². The van der Waals surface area contributed by atoms with Gasteiger partial charge >= 0.3 is 0 Å². The third kappa shape index (κ3) is 4.43. The van der Waals surface area contributed by atoms with Crippen molar-refractivity contribution in [2.24, 2.45) is 0 Å². The number of unbranched alkanes of at least 4 members (excludes halogenated alkanes) is 2. The molecule has 0 N–H and O–H groups in total. The van der Waals surface area contributed by atoms with Gasteiger partial charge in [0.1, 0.15) is 6.23 Å². The number of piperidine rings is 1. The minimum absolute atomic E-state index is 0.340. The van der Waals surface area contributed by atoms with Crippen LogP contribution in [0.5, 0.6) is 0 Å². The lowest BCUT2D eigenvalue weighted by atomic mass is 10.1. The van der Waals surface area contributed by atoms with Crippen LogP contribution in [0.3, 0.4) is 0 Å². The molecule has 0 amide bonds. The summed E-state index contributed by atoms with van der Waals surface area (Å²) in [5, 5.41) is 0. The molecule has 0 aliphatic carbocycles. The number of ether oxygens (including phenoxy) is 1. The maximum atomic E-state index is 5.81. The van der Waals surface area contributed by atoms with Crippen LogP contribution in [0.4, 0.5) is 0 Å². The molecule has 0 spiro atoms. The molecule has 2 nitrogen and oxygen atoms in total. The molecule has 2 heteroatoms. The van der Waals surface area contributed by atoms with Crippen LogP contribution in [0, 0.1) is 0 Å². The van der Waals surface area contributed by atoms with Crippen LogP contribution in [-0.4, -0.2) is 30.8 Å². The van der Waals surface area contributed by atoms with Gasteiger partial charge in [0.25, 0.3) is 0 Å². The standard InChI is InChI=1S/C12H25NO/c1-3-4-8-11-14-12(2)13-9-6-5-7-10-13/h12H,3-11H2,1-2H3. The zero-order valence-electron chi connectivity index (χ0n) is 9.80. The van der Waals surface area contributed by atoms with Gasteiger partial charge in [-0.25, -0.2) is 0 Å². The van der Waals surface area contributed by atoms with E-state index in [1.165, 1.54) is 51.6 Å². The molecule has 0 bridgehead atoms. The van der Waals surface area contributed by atoms with E-state index in [0.717, 1.165) is 6.61 Å². The van der Waals surface area contributed by atoms with Crippen molar-refractivity contribution in [2.75, 3.05) is 19.7 Å². The zero-order valence-corrected chi connectivity index (χ0v) is 9.80. The van der Waals surface area contributed by atoms with E-state index >= 15 is 0 Å². The van der Waals surface area contributed by atoms with Crippen molar-refractivity contribution >= 4 is 0 Å². The van der Waals surface area contributed by atoms with Gasteiger partial charge in [0.15, 0.2) is 0 Å². The molecule has 0 aromatic carbocycles. The molecule has 1 saturated heterocycles. The number of hydrogen-bond acceptors (Lipinski definition) is 2. The summed E-state index contributed by atoms with van der Waals surface area (Å²) in [5.74, 6) is 0. The van der Waals surface area contributed by atoms with Crippen molar-refractivity contribution in [3.63, 3.8) is 0 Å². The van der Waals surface area contributed by atoms with Crippen LogP contribution in [0.1, 0.15) is 52.4 Å². The van der Waals surface area contributed by atoms with Gasteiger partial charge in [-0.05, 0) is 26.2 Å². The first kappa shape index (κ1) is 12.0. The van der Waals surface area contributed by atoms with Gasteiger partial charge < -0.3 is 4.74 Å². The first-order valence-corrected chi connectivity index (χ1v) is 6.20. The van der Waals surface area contributed by atoms with Crippen molar-refractivity contribution in [2.45, 2.75) is 58.6 Å². The fraction of sp³-hybridized carbons (Fsp3) is 1.00. The van der Waals surface area contributed by atoms with Crippen molar-refractivity contribution in [3.8, 4) is 0 Å². The highest BCUT2D eigenvalue weighted by Gasteiger charge is 2.16. The Hall–Kier alpha value is -0.0800. The normalized spacial score (nSPS) is 21.0. The van der Waals surface area contributed by atoms with E-state index in [1.807, 2.05) is 0 Å². The second-order valence-electron chi connectivity index (χ2n) is 4.27. The predicted molar refractivity (Wildman–Crippen MR) is 60.4 cm³/mol. The summed E-state index contributed by atoms with van der Waals surface area (Å²) in [4.78, 5) is 2.47. The molecule has 0 saturated carbocycles. The SMILES string of the molecule is CCCCCOC(C)N1CCCCC1. The van der Waals surface area contributed by atoms with Gasteiger partial charge in [-0.3, -0.25) is 4.90 Å². The highest BCUT2D eigenvalue weighted by Crippen LogP contribution is 2.12. The van der Waals surface area contributed by atoms with Crippen LogP contribution in [0.25, 0.3) is 0 Å². The third-order valence-electron chi connectivity index (χ3n) is 3.01. The number of rotatable bonds is 6. The Bertz CT molecular complexity index is 132. The number of nitrogens with zero attached hydrogens (tertiary/aromatic N) is 1. The summed E-state index contributed by atoms with van der Waals surface area (Å²) in [6.07, 6.45) is 8.24. The van der Waals surface area contributed by atoms with Gasteiger partial charge in [-0.1, -0.05) is 26.2 Å². The number of likely N-dealkylation sites (tertiary alicyclic amines) is 1. The Labute approximate surface area is 88.6 Å². The van der Waals surface area contributed by atoms with Crippen molar-refractivity contribution in [3.05, 3.63) is 0 Å². The fourth-order valence-electron chi connectivity index (χ4n) is 1.99. The molecular weight excluding hydrogens is 174 g/mol. The van der Waals surface area contributed by atoms with Gasteiger partial charge in [-0.2, -0.15) is 0 Å². The summed E-state index contributed by atoms with van der Waals surface area (Å²) in [7, 11) is 0. The van der Waals surface area contributed by atoms with E-state index in [4.69, 9.17) is 4.74 Å². The molecule has 1 heterocycles. The van der Waals surface area contributed by atoms with E-state index in [-0.39, 0.29) is 0 Å².